The van der Waals surface area contributed by atoms with E-state index in [0.717, 1.165) is 25.4 Å². The maximum absolute atomic E-state index is 10.9. The number of hydrogen-bond donors (Lipinski definition) is 2. The summed E-state index contributed by atoms with van der Waals surface area (Å²) in [5.74, 6) is 1.41. The predicted molar refractivity (Wildman–Crippen MR) is 72.9 cm³/mol. The zero-order chi connectivity index (χ0) is 13.0. The Hall–Kier alpha value is -0.260. The van der Waals surface area contributed by atoms with Crippen LogP contribution in [0.15, 0.2) is 0 Å². The van der Waals surface area contributed by atoms with Gasteiger partial charge in [0.25, 0.3) is 0 Å². The Kier molecular flexibility index (Phi) is 4.92. The number of thioether (sulfide) groups is 1. The molecule has 2 N–H and O–H groups in total. The van der Waals surface area contributed by atoms with Crippen LogP contribution in [0.2, 0.25) is 0 Å². The summed E-state index contributed by atoms with van der Waals surface area (Å²) in [6.45, 7) is 2.84. The number of carbonyl (C=O) groups is 1. The summed E-state index contributed by atoms with van der Waals surface area (Å²) in [6, 6.07) is 0. The van der Waals surface area contributed by atoms with Crippen molar-refractivity contribution in [2.45, 2.75) is 37.7 Å². The Balaban J connectivity index is 1.83. The van der Waals surface area contributed by atoms with Gasteiger partial charge in [0.05, 0.1) is 11.5 Å². The number of hydrogen-bond acceptors (Lipinski definition) is 4. The molecule has 104 valence electrons. The first kappa shape index (κ1) is 14.2. The summed E-state index contributed by atoms with van der Waals surface area (Å²) in [4.78, 5) is 13.3. The third kappa shape index (κ3) is 3.87. The predicted octanol–water partition coefficient (Wildman–Crippen LogP) is 1.43. The number of aliphatic hydroxyl groups is 1. The zero-order valence-electron chi connectivity index (χ0n) is 10.8. The van der Waals surface area contributed by atoms with Crippen molar-refractivity contribution in [2.75, 3.05) is 31.1 Å². The molecular formula is C13H23NO3S. The van der Waals surface area contributed by atoms with Gasteiger partial charge in [-0.2, -0.15) is 11.8 Å². The van der Waals surface area contributed by atoms with Crippen LogP contribution < -0.4 is 0 Å². The summed E-state index contributed by atoms with van der Waals surface area (Å²) >= 11 is 1.98. The fraction of sp³-hybridized carbons (Fsp3) is 0.923. The Morgan fingerprint density at radius 2 is 2.00 bits per heavy atom. The lowest BCUT2D eigenvalue weighted by molar-refractivity contribution is -0.145. The van der Waals surface area contributed by atoms with Crippen molar-refractivity contribution in [1.29, 1.82) is 0 Å². The van der Waals surface area contributed by atoms with E-state index >= 15 is 0 Å². The van der Waals surface area contributed by atoms with E-state index in [-0.39, 0.29) is 5.92 Å². The smallest absolute Gasteiger partial charge is 0.306 e. The highest BCUT2D eigenvalue weighted by Crippen LogP contribution is 2.33. The standard InChI is InChI=1S/C13H23NO3S/c15-12(16)11-2-4-13(17,5-3-11)10-14-6-1-8-18-9-7-14/h11,17H,1-10H2,(H,15,16). The topological polar surface area (TPSA) is 60.8 Å². The second-order valence-corrected chi connectivity index (χ2v) is 6.80. The van der Waals surface area contributed by atoms with E-state index < -0.39 is 11.6 Å². The molecule has 1 saturated heterocycles. The van der Waals surface area contributed by atoms with E-state index in [1.807, 2.05) is 11.8 Å². The Labute approximate surface area is 113 Å². The molecule has 1 saturated carbocycles. The van der Waals surface area contributed by atoms with E-state index in [1.165, 1.54) is 12.2 Å². The van der Waals surface area contributed by atoms with Crippen LogP contribution in [0.1, 0.15) is 32.1 Å². The lowest BCUT2D eigenvalue weighted by Crippen LogP contribution is -2.46. The number of carboxylic acid groups (broad SMARTS) is 1. The summed E-state index contributed by atoms with van der Waals surface area (Å²) in [5, 5.41) is 19.5. The highest BCUT2D eigenvalue weighted by atomic mass is 32.2. The molecule has 0 aromatic heterocycles. The van der Waals surface area contributed by atoms with Crippen molar-refractivity contribution in [2.24, 2.45) is 5.92 Å². The number of aliphatic carboxylic acids is 1. The van der Waals surface area contributed by atoms with Gasteiger partial charge in [0, 0.05) is 18.8 Å². The summed E-state index contributed by atoms with van der Waals surface area (Å²) in [7, 11) is 0. The minimum absolute atomic E-state index is 0.245. The van der Waals surface area contributed by atoms with Crippen LogP contribution in [0.25, 0.3) is 0 Å². The molecule has 1 aliphatic carbocycles. The molecule has 5 heteroatoms. The molecule has 0 aromatic carbocycles. The van der Waals surface area contributed by atoms with Crippen LogP contribution >= 0.6 is 11.8 Å². The van der Waals surface area contributed by atoms with Crippen LogP contribution in [0.5, 0.6) is 0 Å². The van der Waals surface area contributed by atoms with Gasteiger partial charge in [-0.1, -0.05) is 0 Å². The molecule has 2 fully saturated rings. The Bertz CT molecular complexity index is 282. The van der Waals surface area contributed by atoms with Crippen LogP contribution in [0.4, 0.5) is 0 Å². The minimum atomic E-state index is -0.705. The van der Waals surface area contributed by atoms with Crippen molar-refractivity contribution in [1.82, 2.24) is 4.90 Å². The lowest BCUT2D eigenvalue weighted by atomic mass is 9.78. The molecule has 0 spiro atoms. The average Bonchev–Trinajstić information content (AvgIpc) is 2.57. The molecule has 18 heavy (non-hydrogen) atoms. The molecule has 2 aliphatic rings. The fourth-order valence-corrected chi connectivity index (χ4v) is 3.86. The van der Waals surface area contributed by atoms with Crippen LogP contribution in [-0.2, 0) is 4.79 Å². The van der Waals surface area contributed by atoms with Gasteiger partial charge in [-0.25, -0.2) is 0 Å². The number of β-amino-alcohol motifs (C(OH)–C–C–N with tert-alkyl or cyclic N) is 1. The largest absolute Gasteiger partial charge is 0.481 e. The lowest BCUT2D eigenvalue weighted by Gasteiger charge is -2.38. The second-order valence-electron chi connectivity index (χ2n) is 5.58. The third-order valence-corrected chi connectivity index (χ3v) is 5.15. The van der Waals surface area contributed by atoms with Crippen molar-refractivity contribution in [3.8, 4) is 0 Å². The highest BCUT2D eigenvalue weighted by Gasteiger charge is 2.36. The first-order chi connectivity index (χ1) is 8.59. The molecule has 0 amide bonds. The van der Waals surface area contributed by atoms with Gasteiger partial charge in [-0.15, -0.1) is 0 Å². The van der Waals surface area contributed by atoms with Crippen LogP contribution in [0, 0.1) is 5.92 Å². The molecule has 4 nitrogen and oxygen atoms in total. The zero-order valence-corrected chi connectivity index (χ0v) is 11.6. The van der Waals surface area contributed by atoms with Crippen molar-refractivity contribution >= 4 is 17.7 Å². The number of carboxylic acids is 1. The molecule has 2 rings (SSSR count). The van der Waals surface area contributed by atoms with Gasteiger partial charge in [0.2, 0.25) is 0 Å². The Morgan fingerprint density at radius 3 is 2.67 bits per heavy atom. The monoisotopic (exact) mass is 273 g/mol. The van der Waals surface area contributed by atoms with Gasteiger partial charge >= 0.3 is 5.97 Å². The fourth-order valence-electron chi connectivity index (χ4n) is 2.93. The minimum Gasteiger partial charge on any atom is -0.481 e. The Morgan fingerprint density at radius 1 is 1.28 bits per heavy atom. The maximum Gasteiger partial charge on any atom is 0.306 e. The molecule has 0 unspecified atom stereocenters. The first-order valence-electron chi connectivity index (χ1n) is 6.84. The first-order valence-corrected chi connectivity index (χ1v) is 8.00. The molecule has 1 heterocycles. The number of rotatable bonds is 3. The van der Waals surface area contributed by atoms with Gasteiger partial charge in [0.15, 0.2) is 0 Å². The van der Waals surface area contributed by atoms with E-state index in [0.29, 0.717) is 25.7 Å². The molecule has 0 bridgehead atoms. The normalized spacial score (nSPS) is 35.1. The van der Waals surface area contributed by atoms with Crippen molar-refractivity contribution in [3.05, 3.63) is 0 Å². The molecule has 0 atom stereocenters. The number of nitrogens with zero attached hydrogens (tertiary/aromatic N) is 1. The molecule has 0 aromatic rings. The summed E-state index contributed by atoms with van der Waals surface area (Å²) in [6.07, 6.45) is 3.70. The van der Waals surface area contributed by atoms with Crippen molar-refractivity contribution in [3.63, 3.8) is 0 Å². The van der Waals surface area contributed by atoms with Gasteiger partial charge in [-0.3, -0.25) is 9.69 Å². The SMILES string of the molecule is O=C(O)C1CCC(O)(CN2CCCSCC2)CC1. The van der Waals surface area contributed by atoms with Gasteiger partial charge < -0.3 is 10.2 Å². The van der Waals surface area contributed by atoms with E-state index in [2.05, 4.69) is 4.90 Å². The van der Waals surface area contributed by atoms with E-state index in [4.69, 9.17) is 5.11 Å². The summed E-state index contributed by atoms with van der Waals surface area (Å²) in [5.41, 5.74) is -0.652. The molecule has 1 aliphatic heterocycles. The van der Waals surface area contributed by atoms with Crippen LogP contribution in [-0.4, -0.2) is 57.8 Å². The van der Waals surface area contributed by atoms with Gasteiger partial charge in [-0.05, 0) is 44.4 Å². The molecular weight excluding hydrogens is 250 g/mol. The maximum atomic E-state index is 10.9. The quantitative estimate of drug-likeness (QED) is 0.814. The van der Waals surface area contributed by atoms with E-state index in [9.17, 15) is 9.90 Å². The van der Waals surface area contributed by atoms with E-state index in [1.54, 1.807) is 0 Å². The van der Waals surface area contributed by atoms with Crippen molar-refractivity contribution < 1.29 is 15.0 Å². The highest BCUT2D eigenvalue weighted by molar-refractivity contribution is 7.99. The molecule has 0 radical (unpaired) electrons. The van der Waals surface area contributed by atoms with Crippen LogP contribution in [0.3, 0.4) is 0 Å². The second kappa shape index (κ2) is 6.26. The van der Waals surface area contributed by atoms with Gasteiger partial charge in [0.1, 0.15) is 0 Å². The third-order valence-electron chi connectivity index (χ3n) is 4.10. The average molecular weight is 273 g/mol. The summed E-state index contributed by atoms with van der Waals surface area (Å²) < 4.78 is 0.